The molecule has 5 nitrogen and oxygen atoms in total. The second kappa shape index (κ2) is 4.62. The Morgan fingerprint density at radius 3 is 3.22 bits per heavy atom. The van der Waals surface area contributed by atoms with Crippen molar-refractivity contribution in [2.24, 2.45) is 5.73 Å². The van der Waals surface area contributed by atoms with Gasteiger partial charge in [0.1, 0.15) is 12.7 Å². The fourth-order valence-corrected chi connectivity index (χ4v) is 1.55. The standard InChI is InChI=1S/C13H15N5/c14-4-3-11-6-16-13-2-1-10(5-12(11)13)7-18-9-15-8-17-18/h1-2,5-6,8-9,16H,3-4,7,14H2/i1D,2D,3D2,4D2,5D,7D2. The average molecular weight is 250 g/mol. The van der Waals surface area contributed by atoms with Crippen LogP contribution in [0.15, 0.2) is 37.0 Å². The molecule has 0 atom stereocenters. The number of nitrogens with two attached hydrogens (primary N) is 1. The molecule has 3 aromatic rings. The Bertz CT molecular complexity index is 1000. The molecule has 0 amide bonds. The maximum Gasteiger partial charge on any atom is 0.137 e. The summed E-state index contributed by atoms with van der Waals surface area (Å²) in [6.45, 7) is -5.32. The largest absolute Gasteiger partial charge is 0.361 e. The van der Waals surface area contributed by atoms with E-state index >= 15 is 0 Å². The number of hydrogen-bond acceptors (Lipinski definition) is 3. The molecular weight excluding hydrogens is 226 g/mol. The van der Waals surface area contributed by atoms with Crippen LogP contribution in [-0.2, 0) is 12.9 Å². The average Bonchev–Trinajstić information content (AvgIpc) is 3.21. The first-order chi connectivity index (χ1) is 12.3. The summed E-state index contributed by atoms with van der Waals surface area (Å²) in [4.78, 5) is 6.23. The van der Waals surface area contributed by atoms with Crippen LogP contribution in [0, 0.1) is 0 Å². The topological polar surface area (TPSA) is 72.5 Å². The van der Waals surface area contributed by atoms with Gasteiger partial charge in [-0.05, 0) is 36.1 Å². The maximum atomic E-state index is 8.42. The van der Waals surface area contributed by atoms with E-state index in [1.54, 1.807) is 0 Å². The number of hydrogen-bond donors (Lipinski definition) is 2. The lowest BCUT2D eigenvalue weighted by Crippen LogP contribution is -2.02. The molecule has 3 rings (SSSR count). The minimum absolute atomic E-state index is 0.0775. The van der Waals surface area contributed by atoms with E-state index in [4.69, 9.17) is 18.1 Å². The lowest BCUT2D eigenvalue weighted by Gasteiger charge is -2.03. The van der Waals surface area contributed by atoms with Crippen molar-refractivity contribution in [2.75, 3.05) is 6.50 Å². The highest BCUT2D eigenvalue weighted by Gasteiger charge is 2.04. The monoisotopic (exact) mass is 250 g/mol. The van der Waals surface area contributed by atoms with Gasteiger partial charge in [0.15, 0.2) is 0 Å². The first-order valence-corrected chi connectivity index (χ1v) is 5.07. The predicted octanol–water partition coefficient (Wildman–Crippen LogP) is 1.31. The highest BCUT2D eigenvalue weighted by Crippen LogP contribution is 2.20. The molecule has 0 radical (unpaired) electrons. The summed E-state index contributed by atoms with van der Waals surface area (Å²) in [5.74, 6) is 0. The first-order valence-electron chi connectivity index (χ1n) is 9.57. The number of nitrogens with one attached hydrogen (secondary N) is 1. The van der Waals surface area contributed by atoms with Gasteiger partial charge in [-0.25, -0.2) is 9.67 Å². The quantitative estimate of drug-likeness (QED) is 0.733. The third-order valence-corrected chi connectivity index (χ3v) is 2.29. The van der Waals surface area contributed by atoms with Crippen LogP contribution in [0.25, 0.3) is 10.9 Å². The lowest BCUT2D eigenvalue weighted by atomic mass is 10.1. The Balaban J connectivity index is 2.41. The van der Waals surface area contributed by atoms with Gasteiger partial charge in [0.2, 0.25) is 0 Å². The van der Waals surface area contributed by atoms with Gasteiger partial charge >= 0.3 is 0 Å². The van der Waals surface area contributed by atoms with Crippen molar-refractivity contribution in [2.45, 2.75) is 12.9 Å². The number of H-pyrrole nitrogens is 1. The van der Waals surface area contributed by atoms with Gasteiger partial charge in [-0.2, -0.15) is 5.10 Å². The van der Waals surface area contributed by atoms with Crippen molar-refractivity contribution in [1.29, 1.82) is 0 Å². The SMILES string of the molecule is [2H]c1c(C([2H])([2H])n2cncn2)c([2H])c2c(C([2H])([2H])C([2H])([2H])N)c[nH]c2c1[2H]. The fraction of sp³-hybridized carbons (Fsp3) is 0.231. The number of rotatable bonds is 4. The van der Waals surface area contributed by atoms with E-state index in [2.05, 4.69) is 15.1 Å². The van der Waals surface area contributed by atoms with Crippen LogP contribution in [-0.4, -0.2) is 26.2 Å². The molecule has 92 valence electrons. The molecule has 0 unspecified atom stereocenters. The minimum atomic E-state index is -2.80. The van der Waals surface area contributed by atoms with Gasteiger partial charge in [-0.15, -0.1) is 0 Å². The molecule has 2 aromatic heterocycles. The molecule has 0 aliphatic heterocycles. The fourth-order valence-electron chi connectivity index (χ4n) is 1.55. The van der Waals surface area contributed by atoms with Crippen LogP contribution >= 0.6 is 0 Å². The summed E-state index contributed by atoms with van der Waals surface area (Å²) >= 11 is 0. The minimum Gasteiger partial charge on any atom is -0.361 e. The Labute approximate surface area is 117 Å². The molecule has 2 heterocycles. The molecule has 18 heavy (non-hydrogen) atoms. The lowest BCUT2D eigenvalue weighted by molar-refractivity contribution is 0.685. The Morgan fingerprint density at radius 2 is 2.44 bits per heavy atom. The van der Waals surface area contributed by atoms with Crippen LogP contribution in [0.1, 0.15) is 23.5 Å². The predicted molar refractivity (Wildman–Crippen MR) is 70.2 cm³/mol. The zero-order valence-electron chi connectivity index (χ0n) is 18.2. The van der Waals surface area contributed by atoms with E-state index in [-0.39, 0.29) is 16.5 Å². The van der Waals surface area contributed by atoms with Gasteiger partial charge in [-0.1, -0.05) is 6.04 Å². The number of aryl methyl sites for hydroxylation is 1. The Morgan fingerprint density at radius 1 is 1.50 bits per heavy atom. The van der Waals surface area contributed by atoms with Crippen LogP contribution < -0.4 is 5.73 Å². The Kier molecular flexibility index (Phi) is 1.25. The maximum absolute atomic E-state index is 8.42. The summed E-state index contributed by atoms with van der Waals surface area (Å²) in [6, 6.07) is -1.59. The van der Waals surface area contributed by atoms with Crippen LogP contribution in [0.2, 0.25) is 0 Å². The molecule has 0 aliphatic rings. The smallest absolute Gasteiger partial charge is 0.137 e. The molecule has 0 fully saturated rings. The molecule has 1 aromatic carbocycles. The number of aromatic nitrogens is 4. The van der Waals surface area contributed by atoms with Gasteiger partial charge in [-0.3, -0.25) is 0 Å². The molecule has 0 saturated carbocycles. The Hall–Kier alpha value is -2.14. The zero-order chi connectivity index (χ0) is 20.4. The molecule has 0 aliphatic carbocycles. The van der Waals surface area contributed by atoms with Gasteiger partial charge < -0.3 is 10.7 Å². The summed E-state index contributed by atoms with van der Waals surface area (Å²) in [7, 11) is 0. The molecule has 0 spiro atoms. The second-order valence-corrected chi connectivity index (χ2v) is 3.42. The zero-order valence-corrected chi connectivity index (χ0v) is 9.15. The van der Waals surface area contributed by atoms with Crippen molar-refractivity contribution in [3.8, 4) is 0 Å². The van der Waals surface area contributed by atoms with Crippen molar-refractivity contribution < 1.29 is 12.3 Å². The number of aromatic amines is 1. The normalized spacial score (nSPS) is 20.8. The summed E-state index contributed by atoms with van der Waals surface area (Å²) in [6.07, 6.45) is 0.477. The van der Waals surface area contributed by atoms with Crippen molar-refractivity contribution in [3.63, 3.8) is 0 Å². The van der Waals surface area contributed by atoms with Crippen molar-refractivity contribution in [3.05, 3.63) is 48.1 Å². The van der Waals surface area contributed by atoms with E-state index in [1.165, 1.54) is 0 Å². The van der Waals surface area contributed by atoms with E-state index in [1.807, 2.05) is 0 Å². The third kappa shape index (κ3) is 2.00. The second-order valence-electron chi connectivity index (χ2n) is 3.42. The van der Waals surface area contributed by atoms with Crippen molar-refractivity contribution >= 4 is 10.9 Å². The van der Waals surface area contributed by atoms with Gasteiger partial charge in [0.05, 0.1) is 13.4 Å². The van der Waals surface area contributed by atoms with Crippen LogP contribution in [0.3, 0.4) is 0 Å². The first kappa shape index (κ1) is 4.85. The van der Waals surface area contributed by atoms with E-state index < -0.39 is 43.1 Å². The molecule has 0 bridgehead atoms. The van der Waals surface area contributed by atoms with E-state index in [9.17, 15) is 0 Å². The van der Waals surface area contributed by atoms with Gasteiger partial charge in [0.25, 0.3) is 0 Å². The number of fused-ring (bicyclic) bond motifs is 1. The molecule has 0 saturated heterocycles. The van der Waals surface area contributed by atoms with Crippen LogP contribution in [0.5, 0.6) is 0 Å². The molecule has 5 heteroatoms. The third-order valence-electron chi connectivity index (χ3n) is 2.29. The highest BCUT2D eigenvalue weighted by atomic mass is 15.3. The molecule has 3 N–H and O–H groups in total. The summed E-state index contributed by atoms with van der Waals surface area (Å²) in [5.41, 5.74) is 4.39. The highest BCUT2D eigenvalue weighted by molar-refractivity contribution is 5.83. The van der Waals surface area contributed by atoms with E-state index in [0.717, 1.165) is 23.5 Å². The van der Waals surface area contributed by atoms with Crippen molar-refractivity contribution in [1.82, 2.24) is 19.7 Å². The number of nitrogens with zero attached hydrogens (tertiary/aromatic N) is 3. The van der Waals surface area contributed by atoms with E-state index in [0.29, 0.717) is 0 Å². The van der Waals surface area contributed by atoms with Gasteiger partial charge in [0, 0.05) is 22.6 Å². The van der Waals surface area contributed by atoms with Crippen LogP contribution in [0.4, 0.5) is 0 Å². The summed E-state index contributed by atoms with van der Waals surface area (Å²) < 4.78 is 73.2. The number of benzene rings is 1. The summed E-state index contributed by atoms with van der Waals surface area (Å²) in [5, 5.41) is 3.48. The molecular formula is C13H15N5.